The third kappa shape index (κ3) is 3.38. The molecule has 0 aromatic carbocycles. The third-order valence-electron chi connectivity index (χ3n) is 3.85. The fraction of sp³-hybridized carbons (Fsp3) is 0.714. The van der Waals surface area contributed by atoms with E-state index in [9.17, 15) is 4.79 Å². The van der Waals surface area contributed by atoms with E-state index in [4.69, 9.17) is 0 Å². The monoisotopic (exact) mass is 327 g/mol. The zero-order valence-corrected chi connectivity index (χ0v) is 13.3. The number of nitrogens with one attached hydrogen (secondary N) is 1. The van der Waals surface area contributed by atoms with Crippen molar-refractivity contribution in [2.24, 2.45) is 0 Å². The van der Waals surface area contributed by atoms with Gasteiger partial charge in [0.25, 0.3) is 5.56 Å². The number of rotatable bonds is 5. The smallest absolute Gasteiger partial charge is 0.283 e. The highest BCUT2D eigenvalue weighted by molar-refractivity contribution is 9.10. The van der Waals surface area contributed by atoms with Crippen molar-refractivity contribution in [1.29, 1.82) is 0 Å². The van der Waals surface area contributed by atoms with Crippen molar-refractivity contribution >= 4 is 21.6 Å². The van der Waals surface area contributed by atoms with Crippen molar-refractivity contribution in [2.45, 2.75) is 64.5 Å². The number of hydrogen-bond acceptors (Lipinski definition) is 3. The molecule has 0 bridgehead atoms. The highest BCUT2D eigenvalue weighted by atomic mass is 79.9. The van der Waals surface area contributed by atoms with Crippen molar-refractivity contribution in [3.63, 3.8) is 0 Å². The second kappa shape index (κ2) is 6.07. The summed E-state index contributed by atoms with van der Waals surface area (Å²) in [6, 6.07) is 0. The highest BCUT2D eigenvalue weighted by Gasteiger charge is 2.29. The van der Waals surface area contributed by atoms with Crippen LogP contribution >= 0.6 is 15.9 Å². The van der Waals surface area contributed by atoms with Crippen LogP contribution in [0.15, 0.2) is 15.5 Å². The van der Waals surface area contributed by atoms with Crippen LogP contribution in [0.3, 0.4) is 0 Å². The van der Waals surface area contributed by atoms with Gasteiger partial charge < -0.3 is 5.32 Å². The molecule has 0 aliphatic heterocycles. The largest absolute Gasteiger partial charge is 0.378 e. The Morgan fingerprint density at radius 3 is 2.79 bits per heavy atom. The number of halogens is 1. The lowest BCUT2D eigenvalue weighted by atomic mass is 10.0. The highest BCUT2D eigenvalue weighted by Crippen LogP contribution is 2.33. The van der Waals surface area contributed by atoms with Gasteiger partial charge in [-0.25, -0.2) is 4.68 Å². The van der Waals surface area contributed by atoms with Gasteiger partial charge in [-0.2, -0.15) is 5.10 Å². The average Bonchev–Trinajstić information content (AvgIpc) is 2.81. The number of nitrogens with zero attached hydrogens (tertiary/aromatic N) is 2. The van der Waals surface area contributed by atoms with E-state index in [0.717, 1.165) is 31.4 Å². The summed E-state index contributed by atoms with van der Waals surface area (Å²) in [5, 5.41) is 7.75. The Morgan fingerprint density at radius 2 is 2.16 bits per heavy atom. The number of aryl methyl sites for hydroxylation is 1. The van der Waals surface area contributed by atoms with Gasteiger partial charge in [0, 0.05) is 12.1 Å². The molecule has 106 valence electrons. The molecular formula is C14H22BrN3O. The molecule has 5 heteroatoms. The van der Waals surface area contributed by atoms with E-state index < -0.39 is 0 Å². The van der Waals surface area contributed by atoms with Gasteiger partial charge in [-0.1, -0.05) is 26.2 Å². The Morgan fingerprint density at radius 1 is 1.47 bits per heavy atom. The Kier molecular flexibility index (Phi) is 4.66. The minimum atomic E-state index is -0.0416. The van der Waals surface area contributed by atoms with Gasteiger partial charge in [-0.3, -0.25) is 4.79 Å². The zero-order valence-electron chi connectivity index (χ0n) is 11.7. The van der Waals surface area contributed by atoms with Gasteiger partial charge >= 0.3 is 0 Å². The van der Waals surface area contributed by atoms with E-state index in [0.29, 0.717) is 11.0 Å². The van der Waals surface area contributed by atoms with Crippen molar-refractivity contribution < 1.29 is 0 Å². The molecule has 0 atom stereocenters. The number of anilines is 1. The molecule has 0 spiro atoms. The summed E-state index contributed by atoms with van der Waals surface area (Å²) in [4.78, 5) is 12.2. The van der Waals surface area contributed by atoms with E-state index in [1.165, 1.54) is 17.5 Å². The van der Waals surface area contributed by atoms with Gasteiger partial charge in [0.2, 0.25) is 0 Å². The standard InChI is InChI=1S/C14H22BrN3O/c1-3-4-9-18-13(19)12(15)11(10-16-18)17-14(2)7-5-6-8-14/h10,17H,3-9H2,1-2H3. The van der Waals surface area contributed by atoms with Gasteiger partial charge in [0.1, 0.15) is 4.47 Å². The van der Waals surface area contributed by atoms with Crippen LogP contribution in [0.5, 0.6) is 0 Å². The molecule has 0 amide bonds. The van der Waals surface area contributed by atoms with Crippen LogP contribution in [0.4, 0.5) is 5.69 Å². The molecule has 1 fully saturated rings. The number of hydrogen-bond donors (Lipinski definition) is 1. The predicted octanol–water partition coefficient (Wildman–Crippen LogP) is 3.55. The minimum absolute atomic E-state index is 0.0416. The van der Waals surface area contributed by atoms with Crippen LogP contribution in [0, 0.1) is 0 Å². The number of unbranched alkanes of at least 4 members (excludes halogenated alkanes) is 1. The molecule has 1 aromatic rings. The molecule has 2 rings (SSSR count). The first-order chi connectivity index (χ1) is 9.06. The maximum Gasteiger partial charge on any atom is 0.283 e. The average molecular weight is 328 g/mol. The van der Waals surface area contributed by atoms with Crippen molar-refractivity contribution in [3.05, 3.63) is 21.0 Å². The summed E-state index contributed by atoms with van der Waals surface area (Å²) in [6.45, 7) is 5.01. The third-order valence-corrected chi connectivity index (χ3v) is 4.62. The molecule has 0 radical (unpaired) electrons. The lowest BCUT2D eigenvalue weighted by Gasteiger charge is -2.27. The van der Waals surface area contributed by atoms with E-state index in [2.05, 4.69) is 40.2 Å². The van der Waals surface area contributed by atoms with E-state index in [-0.39, 0.29) is 11.1 Å². The lowest BCUT2D eigenvalue weighted by molar-refractivity contribution is 0.523. The first-order valence-corrected chi connectivity index (χ1v) is 7.89. The molecule has 19 heavy (non-hydrogen) atoms. The molecule has 1 aliphatic carbocycles. The number of aromatic nitrogens is 2. The Hall–Kier alpha value is -0.840. The van der Waals surface area contributed by atoms with E-state index in [1.807, 2.05) is 0 Å². The normalized spacial score (nSPS) is 17.6. The summed E-state index contributed by atoms with van der Waals surface area (Å²) in [6.07, 6.45) is 8.61. The maximum absolute atomic E-state index is 12.2. The second-order valence-electron chi connectivity index (χ2n) is 5.65. The summed E-state index contributed by atoms with van der Waals surface area (Å²) in [7, 11) is 0. The van der Waals surface area contributed by atoms with Crippen LogP contribution in [-0.2, 0) is 6.54 Å². The summed E-state index contributed by atoms with van der Waals surface area (Å²) < 4.78 is 2.14. The fourth-order valence-electron chi connectivity index (χ4n) is 2.62. The lowest BCUT2D eigenvalue weighted by Crippen LogP contribution is -2.33. The molecule has 0 unspecified atom stereocenters. The molecule has 4 nitrogen and oxygen atoms in total. The van der Waals surface area contributed by atoms with Gasteiger partial charge in [0.15, 0.2) is 0 Å². The molecule has 0 saturated heterocycles. The van der Waals surface area contributed by atoms with Crippen LogP contribution in [0.25, 0.3) is 0 Å². The second-order valence-corrected chi connectivity index (χ2v) is 6.44. The quantitative estimate of drug-likeness (QED) is 0.899. The first-order valence-electron chi connectivity index (χ1n) is 7.09. The Labute approximate surface area is 122 Å². The van der Waals surface area contributed by atoms with Gasteiger partial charge in [0.05, 0.1) is 11.9 Å². The van der Waals surface area contributed by atoms with Crippen LogP contribution in [0.2, 0.25) is 0 Å². The van der Waals surface area contributed by atoms with Crippen molar-refractivity contribution in [2.75, 3.05) is 5.32 Å². The predicted molar refractivity (Wildman–Crippen MR) is 81.6 cm³/mol. The maximum atomic E-state index is 12.2. The van der Waals surface area contributed by atoms with Crippen LogP contribution in [-0.4, -0.2) is 15.3 Å². The Bertz CT molecular complexity index is 492. The SMILES string of the molecule is CCCCn1ncc(NC2(C)CCCC2)c(Br)c1=O. The fourth-order valence-corrected chi connectivity index (χ4v) is 3.03. The Balaban J connectivity index is 2.18. The van der Waals surface area contributed by atoms with Crippen LogP contribution in [0.1, 0.15) is 52.4 Å². The topological polar surface area (TPSA) is 46.9 Å². The molecule has 1 saturated carbocycles. The molecule has 1 aromatic heterocycles. The van der Waals surface area contributed by atoms with E-state index >= 15 is 0 Å². The first kappa shape index (κ1) is 14.6. The summed E-state index contributed by atoms with van der Waals surface area (Å²) >= 11 is 3.42. The van der Waals surface area contributed by atoms with Crippen molar-refractivity contribution in [3.8, 4) is 0 Å². The molecule has 1 heterocycles. The molecule has 1 N–H and O–H groups in total. The van der Waals surface area contributed by atoms with Crippen molar-refractivity contribution in [1.82, 2.24) is 9.78 Å². The van der Waals surface area contributed by atoms with Crippen LogP contribution < -0.4 is 10.9 Å². The van der Waals surface area contributed by atoms with E-state index in [1.54, 1.807) is 6.20 Å². The molecular weight excluding hydrogens is 306 g/mol. The summed E-state index contributed by atoms with van der Waals surface area (Å²) in [5.74, 6) is 0. The molecule has 1 aliphatic rings. The zero-order chi connectivity index (χ0) is 13.9. The van der Waals surface area contributed by atoms with Gasteiger partial charge in [-0.15, -0.1) is 0 Å². The van der Waals surface area contributed by atoms with Gasteiger partial charge in [-0.05, 0) is 42.1 Å². The summed E-state index contributed by atoms with van der Waals surface area (Å²) in [5.41, 5.74) is 0.883. The minimum Gasteiger partial charge on any atom is -0.378 e.